The van der Waals surface area contributed by atoms with Gasteiger partial charge in [0.15, 0.2) is 0 Å². The van der Waals surface area contributed by atoms with Crippen molar-refractivity contribution in [2.24, 2.45) is 0 Å². The van der Waals surface area contributed by atoms with Gasteiger partial charge in [0.1, 0.15) is 0 Å². The summed E-state index contributed by atoms with van der Waals surface area (Å²) in [4.78, 5) is 1.08. The normalized spacial score (nSPS) is 20.6. The molecule has 1 aliphatic carbocycles. The largest absolute Gasteiger partial charge is 0.401 e. The molecular weight excluding hydrogens is 285 g/mol. The van der Waals surface area contributed by atoms with Crippen LogP contribution in [0.25, 0.3) is 0 Å². The number of H-pyrrole nitrogens is 1. The third kappa shape index (κ3) is 4.98. The Balaban J connectivity index is 1.76. The number of hydrogen-bond donors (Lipinski definition) is 3. The Morgan fingerprint density at radius 1 is 1.57 bits per heavy atom. The highest BCUT2D eigenvalue weighted by atomic mass is 19.4. The Bertz CT molecular complexity index is 449. The van der Waals surface area contributed by atoms with Crippen molar-refractivity contribution in [3.63, 3.8) is 0 Å². The first-order valence-corrected chi connectivity index (χ1v) is 7.04. The molecule has 0 aliphatic heterocycles. The quantitative estimate of drug-likeness (QED) is 0.740. The highest BCUT2D eigenvalue weighted by Crippen LogP contribution is 2.27. The summed E-state index contributed by atoms with van der Waals surface area (Å²) >= 11 is 0. The van der Waals surface area contributed by atoms with Crippen molar-refractivity contribution in [1.82, 2.24) is 20.4 Å². The van der Waals surface area contributed by atoms with E-state index >= 15 is 0 Å². The van der Waals surface area contributed by atoms with Gasteiger partial charge in [-0.05, 0) is 26.3 Å². The van der Waals surface area contributed by atoms with Gasteiger partial charge in [0.05, 0.1) is 18.8 Å². The molecule has 0 amide bonds. The minimum atomic E-state index is -4.24. The molecule has 3 N–H and O–H groups in total. The van der Waals surface area contributed by atoms with E-state index in [1.807, 2.05) is 0 Å². The summed E-state index contributed by atoms with van der Waals surface area (Å²) in [6.45, 7) is -0.770. The lowest BCUT2D eigenvalue weighted by molar-refractivity contribution is -0.145. The van der Waals surface area contributed by atoms with E-state index in [1.165, 1.54) is 7.05 Å². The van der Waals surface area contributed by atoms with Gasteiger partial charge in [0.25, 0.3) is 0 Å². The molecule has 2 atom stereocenters. The topological polar surface area (TPSA) is 64.2 Å². The van der Waals surface area contributed by atoms with Crippen LogP contribution < -0.4 is 5.32 Å². The maximum Gasteiger partial charge on any atom is 0.401 e. The molecule has 120 valence electrons. The van der Waals surface area contributed by atoms with Crippen molar-refractivity contribution >= 4 is 0 Å². The molecule has 0 radical (unpaired) electrons. The number of aromatic nitrogens is 2. The van der Waals surface area contributed by atoms with Crippen molar-refractivity contribution in [3.8, 4) is 0 Å². The zero-order valence-corrected chi connectivity index (χ0v) is 12.0. The minimum Gasteiger partial charge on any atom is -0.390 e. The van der Waals surface area contributed by atoms with Crippen LogP contribution in [0.5, 0.6) is 0 Å². The Kier molecular flexibility index (Phi) is 5.23. The average Bonchev–Trinajstić information content (AvgIpc) is 2.82. The molecule has 0 saturated heterocycles. The molecule has 1 aromatic rings. The molecule has 1 aliphatic rings. The SMILES string of the molecule is CN(CC(O)CNC1CCCc2[nH]ncc21)CC(F)(F)F. The molecule has 0 bridgehead atoms. The van der Waals surface area contributed by atoms with Gasteiger partial charge in [-0.1, -0.05) is 0 Å². The minimum absolute atomic E-state index is 0.0164. The molecule has 21 heavy (non-hydrogen) atoms. The Labute approximate surface area is 121 Å². The Morgan fingerprint density at radius 2 is 2.33 bits per heavy atom. The Morgan fingerprint density at radius 3 is 3.05 bits per heavy atom. The average molecular weight is 306 g/mol. The summed E-state index contributed by atoms with van der Waals surface area (Å²) in [5.74, 6) is 0. The first-order chi connectivity index (χ1) is 9.85. The summed E-state index contributed by atoms with van der Waals surface area (Å²) in [5.41, 5.74) is 2.19. The number of aryl methyl sites for hydroxylation is 1. The van der Waals surface area contributed by atoms with Crippen LogP contribution in [0, 0.1) is 0 Å². The highest BCUT2D eigenvalue weighted by molar-refractivity contribution is 5.23. The molecule has 0 fully saturated rings. The van der Waals surface area contributed by atoms with Gasteiger partial charge in [-0.2, -0.15) is 18.3 Å². The van der Waals surface area contributed by atoms with Crippen LogP contribution in [0.2, 0.25) is 0 Å². The van der Waals surface area contributed by atoms with E-state index in [4.69, 9.17) is 0 Å². The molecule has 1 heterocycles. The third-order valence-electron chi connectivity index (χ3n) is 3.62. The number of nitrogens with one attached hydrogen (secondary N) is 2. The van der Waals surface area contributed by atoms with E-state index in [0.717, 1.165) is 35.4 Å². The molecule has 0 saturated carbocycles. The molecule has 0 spiro atoms. The number of aliphatic hydroxyl groups is 1. The fourth-order valence-electron chi connectivity index (χ4n) is 2.75. The van der Waals surface area contributed by atoms with E-state index in [9.17, 15) is 18.3 Å². The summed E-state index contributed by atoms with van der Waals surface area (Å²) in [7, 11) is 1.35. The molecule has 5 nitrogen and oxygen atoms in total. The predicted octanol–water partition coefficient (Wildman–Crippen LogP) is 1.23. The van der Waals surface area contributed by atoms with Crippen molar-refractivity contribution in [3.05, 3.63) is 17.5 Å². The Hall–Kier alpha value is -1.12. The number of aliphatic hydroxyl groups excluding tert-OH is 1. The third-order valence-corrected chi connectivity index (χ3v) is 3.62. The number of alkyl halides is 3. The van der Waals surface area contributed by atoms with Crippen molar-refractivity contribution in [2.45, 2.75) is 37.6 Å². The lowest BCUT2D eigenvalue weighted by atomic mass is 9.93. The van der Waals surface area contributed by atoms with Gasteiger partial charge in [0.2, 0.25) is 0 Å². The van der Waals surface area contributed by atoms with E-state index in [-0.39, 0.29) is 19.1 Å². The second-order valence-electron chi connectivity index (χ2n) is 5.62. The van der Waals surface area contributed by atoms with Crippen LogP contribution >= 0.6 is 0 Å². The number of fused-ring (bicyclic) bond motifs is 1. The second kappa shape index (κ2) is 6.76. The predicted molar refractivity (Wildman–Crippen MR) is 71.8 cm³/mol. The van der Waals surface area contributed by atoms with Crippen molar-refractivity contribution in [2.75, 3.05) is 26.7 Å². The van der Waals surface area contributed by atoms with Gasteiger partial charge in [-0.25, -0.2) is 0 Å². The first kappa shape index (κ1) is 16.3. The molecule has 2 rings (SSSR count). The highest BCUT2D eigenvalue weighted by Gasteiger charge is 2.30. The van der Waals surface area contributed by atoms with Gasteiger partial charge in [-0.15, -0.1) is 0 Å². The van der Waals surface area contributed by atoms with Crippen molar-refractivity contribution < 1.29 is 18.3 Å². The van der Waals surface area contributed by atoms with E-state index < -0.39 is 18.8 Å². The monoisotopic (exact) mass is 306 g/mol. The molecule has 0 aromatic carbocycles. The van der Waals surface area contributed by atoms with Gasteiger partial charge < -0.3 is 10.4 Å². The van der Waals surface area contributed by atoms with Crippen LogP contribution in [0.4, 0.5) is 13.2 Å². The molecule has 1 aromatic heterocycles. The van der Waals surface area contributed by atoms with Crippen LogP contribution in [0.3, 0.4) is 0 Å². The zero-order chi connectivity index (χ0) is 15.5. The number of hydrogen-bond acceptors (Lipinski definition) is 4. The van der Waals surface area contributed by atoms with Crippen LogP contribution in [0.15, 0.2) is 6.20 Å². The molecule has 8 heteroatoms. The van der Waals surface area contributed by atoms with E-state index in [1.54, 1.807) is 6.20 Å². The summed E-state index contributed by atoms with van der Waals surface area (Å²) in [6, 6.07) is 0.107. The number of nitrogens with zero attached hydrogens (tertiary/aromatic N) is 2. The summed E-state index contributed by atoms with van der Waals surface area (Å²) in [6.07, 6.45) is -0.376. The van der Waals surface area contributed by atoms with Crippen LogP contribution in [-0.2, 0) is 6.42 Å². The number of halogens is 3. The fourth-order valence-corrected chi connectivity index (χ4v) is 2.75. The van der Waals surface area contributed by atoms with E-state index in [0.29, 0.717) is 0 Å². The lowest BCUT2D eigenvalue weighted by Crippen LogP contribution is -2.41. The maximum atomic E-state index is 12.2. The fraction of sp³-hybridized carbons (Fsp3) is 0.769. The molecular formula is C13H21F3N4O. The first-order valence-electron chi connectivity index (χ1n) is 7.04. The number of aromatic amines is 1. The van der Waals surface area contributed by atoms with E-state index in [2.05, 4.69) is 15.5 Å². The van der Waals surface area contributed by atoms with Gasteiger partial charge >= 0.3 is 6.18 Å². The summed E-state index contributed by atoms with van der Waals surface area (Å²) in [5, 5.41) is 20.0. The zero-order valence-electron chi connectivity index (χ0n) is 12.0. The standard InChI is InChI=1S/C13H21F3N4O/c1-20(8-13(14,15)16)7-9(21)5-17-11-3-2-4-12-10(11)6-18-19-12/h6,9,11,17,21H,2-5,7-8H2,1H3,(H,18,19). The van der Waals surface area contributed by atoms with Gasteiger partial charge in [-0.3, -0.25) is 10.00 Å². The number of likely N-dealkylation sites (N-methyl/N-ethyl adjacent to an activating group) is 1. The van der Waals surface area contributed by atoms with Crippen LogP contribution in [-0.4, -0.2) is 59.2 Å². The second-order valence-corrected chi connectivity index (χ2v) is 5.62. The van der Waals surface area contributed by atoms with Crippen LogP contribution in [0.1, 0.15) is 30.1 Å². The maximum absolute atomic E-state index is 12.2. The lowest BCUT2D eigenvalue weighted by Gasteiger charge is -2.26. The smallest absolute Gasteiger partial charge is 0.390 e. The molecule has 2 unspecified atom stereocenters. The summed E-state index contributed by atoms with van der Waals surface area (Å²) < 4.78 is 36.6. The van der Waals surface area contributed by atoms with Gasteiger partial charge in [0, 0.05) is 30.4 Å². The number of rotatable bonds is 6. The van der Waals surface area contributed by atoms with Crippen molar-refractivity contribution in [1.29, 1.82) is 0 Å².